The average Bonchev–Trinajstić information content (AvgIpc) is 3.15. The molecule has 1 aliphatic heterocycles. The third-order valence-electron chi connectivity index (χ3n) is 4.70. The van der Waals surface area contributed by atoms with Crippen LogP contribution in [0.3, 0.4) is 0 Å². The fourth-order valence-electron chi connectivity index (χ4n) is 3.32. The molecule has 0 radical (unpaired) electrons. The predicted molar refractivity (Wildman–Crippen MR) is 111 cm³/mol. The first-order chi connectivity index (χ1) is 13.5. The largest absolute Gasteiger partial charge is 0.495 e. The van der Waals surface area contributed by atoms with Gasteiger partial charge in [-0.25, -0.2) is 0 Å². The molecule has 8 heteroatoms. The van der Waals surface area contributed by atoms with Gasteiger partial charge in [0, 0.05) is 29.7 Å². The average molecular weight is 425 g/mol. The van der Waals surface area contributed by atoms with Crippen LogP contribution in [-0.2, 0) is 0 Å². The number of anilines is 1. The highest BCUT2D eigenvalue weighted by molar-refractivity contribution is 6.32. The Bertz CT molecular complexity index is 876. The lowest BCUT2D eigenvalue weighted by Gasteiger charge is -2.22. The van der Waals surface area contributed by atoms with Crippen molar-refractivity contribution in [1.82, 2.24) is 5.32 Å². The number of ether oxygens (including phenoxy) is 3. The predicted octanol–water partition coefficient (Wildman–Crippen LogP) is 4.03. The monoisotopic (exact) mass is 424 g/mol. The van der Waals surface area contributed by atoms with Crippen LogP contribution >= 0.6 is 23.2 Å². The molecule has 1 fully saturated rings. The van der Waals surface area contributed by atoms with E-state index in [4.69, 9.17) is 37.4 Å². The molecule has 3 rings (SSSR count). The van der Waals surface area contributed by atoms with Crippen molar-refractivity contribution in [1.29, 1.82) is 0 Å². The summed E-state index contributed by atoms with van der Waals surface area (Å²) in [4.78, 5) is 14.9. The number of carbonyl (C=O) groups is 1. The Labute approximate surface area is 174 Å². The topological polar surface area (TPSA) is 60.0 Å². The Morgan fingerprint density at radius 1 is 1.07 bits per heavy atom. The number of methoxy groups -OCH3 is 3. The van der Waals surface area contributed by atoms with Gasteiger partial charge in [0.15, 0.2) is 11.5 Å². The van der Waals surface area contributed by atoms with Crippen molar-refractivity contribution in [3.05, 3.63) is 45.9 Å². The Hall–Kier alpha value is -2.31. The van der Waals surface area contributed by atoms with Gasteiger partial charge in [-0.05, 0) is 36.8 Å². The fraction of sp³-hybridized carbons (Fsp3) is 0.350. The molecule has 1 unspecified atom stereocenters. The quantitative estimate of drug-likeness (QED) is 0.758. The SMILES string of the molecule is COc1ccc(Cl)cc1N1CCC(NC(=O)c2cc(Cl)c(OC)c(OC)c2)C1. The van der Waals surface area contributed by atoms with E-state index in [1.54, 1.807) is 25.3 Å². The van der Waals surface area contributed by atoms with E-state index in [1.807, 2.05) is 12.1 Å². The molecule has 150 valence electrons. The Kier molecular flexibility index (Phi) is 6.42. The van der Waals surface area contributed by atoms with Gasteiger partial charge in [-0.3, -0.25) is 4.79 Å². The van der Waals surface area contributed by atoms with Crippen LogP contribution < -0.4 is 24.4 Å². The first-order valence-electron chi connectivity index (χ1n) is 8.77. The van der Waals surface area contributed by atoms with Crippen molar-refractivity contribution >= 4 is 34.8 Å². The van der Waals surface area contributed by atoms with Gasteiger partial charge in [0.25, 0.3) is 5.91 Å². The lowest BCUT2D eigenvalue weighted by molar-refractivity contribution is 0.0940. The van der Waals surface area contributed by atoms with E-state index in [0.717, 1.165) is 24.4 Å². The van der Waals surface area contributed by atoms with Gasteiger partial charge in [0.1, 0.15) is 5.75 Å². The molecule has 1 aliphatic rings. The number of benzene rings is 2. The molecule has 0 bridgehead atoms. The van der Waals surface area contributed by atoms with Crippen LogP contribution in [-0.4, -0.2) is 46.4 Å². The van der Waals surface area contributed by atoms with Crippen molar-refractivity contribution < 1.29 is 19.0 Å². The second-order valence-corrected chi connectivity index (χ2v) is 7.26. The zero-order valence-corrected chi connectivity index (χ0v) is 17.4. The van der Waals surface area contributed by atoms with Crippen molar-refractivity contribution in [2.75, 3.05) is 39.3 Å². The zero-order valence-electron chi connectivity index (χ0n) is 15.9. The van der Waals surface area contributed by atoms with Gasteiger partial charge < -0.3 is 24.4 Å². The van der Waals surface area contributed by atoms with Gasteiger partial charge in [-0.1, -0.05) is 23.2 Å². The number of hydrogen-bond acceptors (Lipinski definition) is 5. The summed E-state index contributed by atoms with van der Waals surface area (Å²) in [7, 11) is 4.63. The maximum absolute atomic E-state index is 12.7. The molecule has 1 saturated heterocycles. The third-order valence-corrected chi connectivity index (χ3v) is 5.22. The standard InChI is InChI=1S/C20H22Cl2N2O4/c1-26-17-5-4-13(21)10-16(17)24-7-6-14(11-24)23-20(25)12-8-15(22)19(28-3)18(9-12)27-2/h4-5,8-10,14H,6-7,11H2,1-3H3,(H,23,25). The van der Waals surface area contributed by atoms with Crippen molar-refractivity contribution in [2.24, 2.45) is 0 Å². The molecule has 1 amide bonds. The Balaban J connectivity index is 1.72. The molecular weight excluding hydrogens is 403 g/mol. The maximum atomic E-state index is 12.7. The smallest absolute Gasteiger partial charge is 0.251 e. The van der Waals surface area contributed by atoms with Crippen molar-refractivity contribution in [2.45, 2.75) is 12.5 Å². The molecule has 0 aromatic heterocycles. The summed E-state index contributed by atoms with van der Waals surface area (Å²) in [5.74, 6) is 1.36. The number of amides is 1. The molecule has 1 N–H and O–H groups in total. The lowest BCUT2D eigenvalue weighted by Crippen LogP contribution is -2.37. The van der Waals surface area contributed by atoms with E-state index >= 15 is 0 Å². The summed E-state index contributed by atoms with van der Waals surface area (Å²) in [5.41, 5.74) is 1.34. The molecule has 1 heterocycles. The molecule has 6 nitrogen and oxygen atoms in total. The molecule has 0 aliphatic carbocycles. The van der Waals surface area contributed by atoms with Gasteiger partial charge in [0.2, 0.25) is 0 Å². The molecule has 0 saturated carbocycles. The molecule has 0 spiro atoms. The first-order valence-corrected chi connectivity index (χ1v) is 9.53. The van der Waals surface area contributed by atoms with E-state index < -0.39 is 0 Å². The highest BCUT2D eigenvalue weighted by Crippen LogP contribution is 2.36. The zero-order chi connectivity index (χ0) is 20.3. The molecule has 2 aromatic rings. The van der Waals surface area contributed by atoms with Gasteiger partial charge in [-0.2, -0.15) is 0 Å². The summed E-state index contributed by atoms with van der Waals surface area (Å²) >= 11 is 12.3. The van der Waals surface area contributed by atoms with Crippen molar-refractivity contribution in [3.8, 4) is 17.2 Å². The van der Waals surface area contributed by atoms with E-state index in [2.05, 4.69) is 10.2 Å². The second kappa shape index (κ2) is 8.80. The fourth-order valence-corrected chi connectivity index (χ4v) is 3.78. The third kappa shape index (κ3) is 4.23. The van der Waals surface area contributed by atoms with Crippen LogP contribution in [0.2, 0.25) is 10.0 Å². The number of rotatable bonds is 6. The van der Waals surface area contributed by atoms with Crippen LogP contribution in [0.4, 0.5) is 5.69 Å². The number of nitrogens with zero attached hydrogens (tertiary/aromatic N) is 1. The highest BCUT2D eigenvalue weighted by atomic mass is 35.5. The van der Waals surface area contributed by atoms with Crippen LogP contribution in [0.25, 0.3) is 0 Å². The maximum Gasteiger partial charge on any atom is 0.251 e. The summed E-state index contributed by atoms with van der Waals surface area (Å²) in [6, 6.07) is 8.69. The number of halogens is 2. The van der Waals surface area contributed by atoms with Crippen LogP contribution in [0.5, 0.6) is 17.2 Å². The molecule has 2 aromatic carbocycles. The normalized spacial score (nSPS) is 16.0. The Morgan fingerprint density at radius 3 is 2.50 bits per heavy atom. The van der Waals surface area contributed by atoms with Gasteiger partial charge in [-0.15, -0.1) is 0 Å². The molecular formula is C20H22Cl2N2O4. The van der Waals surface area contributed by atoms with Crippen LogP contribution in [0.15, 0.2) is 30.3 Å². The summed E-state index contributed by atoms with van der Waals surface area (Å²) < 4.78 is 15.9. The summed E-state index contributed by atoms with van der Waals surface area (Å²) in [6.45, 7) is 1.44. The highest BCUT2D eigenvalue weighted by Gasteiger charge is 2.27. The minimum Gasteiger partial charge on any atom is -0.495 e. The van der Waals surface area contributed by atoms with Gasteiger partial charge >= 0.3 is 0 Å². The van der Waals surface area contributed by atoms with Crippen molar-refractivity contribution in [3.63, 3.8) is 0 Å². The van der Waals surface area contributed by atoms with E-state index in [9.17, 15) is 4.79 Å². The van der Waals surface area contributed by atoms with Gasteiger partial charge in [0.05, 0.1) is 32.0 Å². The van der Waals surface area contributed by atoms with Crippen LogP contribution in [0, 0.1) is 0 Å². The van der Waals surface area contributed by atoms with E-state index in [1.165, 1.54) is 14.2 Å². The number of nitrogens with one attached hydrogen (secondary N) is 1. The van der Waals surface area contributed by atoms with E-state index in [0.29, 0.717) is 33.7 Å². The van der Waals surface area contributed by atoms with Crippen LogP contribution in [0.1, 0.15) is 16.8 Å². The summed E-state index contributed by atoms with van der Waals surface area (Å²) in [6.07, 6.45) is 0.808. The number of carbonyl (C=O) groups excluding carboxylic acids is 1. The molecule has 28 heavy (non-hydrogen) atoms. The first kappa shape index (κ1) is 20.4. The second-order valence-electron chi connectivity index (χ2n) is 6.41. The summed E-state index contributed by atoms with van der Waals surface area (Å²) in [5, 5.41) is 4.02. The number of hydrogen-bond donors (Lipinski definition) is 1. The minimum atomic E-state index is -0.215. The molecule has 1 atom stereocenters. The van der Waals surface area contributed by atoms with E-state index in [-0.39, 0.29) is 11.9 Å². The minimum absolute atomic E-state index is 0.0111. The lowest BCUT2D eigenvalue weighted by atomic mass is 10.1. The Morgan fingerprint density at radius 2 is 1.82 bits per heavy atom.